The Hall–Kier alpha value is -2.17. The van der Waals surface area contributed by atoms with E-state index in [0.29, 0.717) is 17.7 Å². The lowest BCUT2D eigenvalue weighted by molar-refractivity contribution is 0.0681. The number of amides is 1. The van der Waals surface area contributed by atoms with Crippen molar-refractivity contribution in [3.8, 4) is 5.69 Å². The molecule has 5 heteroatoms. The van der Waals surface area contributed by atoms with Crippen LogP contribution in [0.1, 0.15) is 62.4 Å². The third-order valence-corrected chi connectivity index (χ3v) is 5.36. The molecule has 2 aromatic rings. The van der Waals surface area contributed by atoms with Crippen molar-refractivity contribution < 1.29 is 4.79 Å². The number of carbonyl (C=O) groups is 1. The molecule has 0 aliphatic heterocycles. The summed E-state index contributed by atoms with van der Waals surface area (Å²) >= 11 is 0. The topological polar surface area (TPSA) is 51.0 Å². The lowest BCUT2D eigenvalue weighted by atomic mass is 10.2. The van der Waals surface area contributed by atoms with Crippen molar-refractivity contribution >= 4 is 5.91 Å². The van der Waals surface area contributed by atoms with Gasteiger partial charge in [-0.25, -0.2) is 9.67 Å². The Morgan fingerprint density at radius 1 is 1.28 bits per heavy atom. The monoisotopic (exact) mass is 338 g/mol. The molecule has 1 aromatic carbocycles. The van der Waals surface area contributed by atoms with Gasteiger partial charge in [-0.05, 0) is 57.1 Å². The van der Waals surface area contributed by atoms with Crippen LogP contribution in [-0.2, 0) is 0 Å². The molecule has 2 atom stereocenters. The zero-order valence-electron chi connectivity index (χ0n) is 15.2. The molecule has 2 unspecified atom stereocenters. The number of hydrogen-bond donors (Lipinski definition) is 0. The van der Waals surface area contributed by atoms with Crippen LogP contribution in [0, 0.1) is 11.8 Å². The van der Waals surface area contributed by atoms with E-state index >= 15 is 0 Å². The van der Waals surface area contributed by atoms with Crippen LogP contribution in [0.15, 0.2) is 30.3 Å². The minimum Gasteiger partial charge on any atom is -0.333 e. The van der Waals surface area contributed by atoms with E-state index in [2.05, 4.69) is 30.9 Å². The summed E-state index contributed by atoms with van der Waals surface area (Å²) in [5, 5.41) is 4.61. The normalized spacial score (nSPS) is 22.2. The maximum Gasteiger partial charge on any atom is 0.293 e. The molecular formula is C20H26N4O. The number of aromatic nitrogens is 3. The van der Waals surface area contributed by atoms with Gasteiger partial charge in [0.15, 0.2) is 0 Å². The molecule has 2 fully saturated rings. The van der Waals surface area contributed by atoms with E-state index in [1.54, 1.807) is 0 Å². The highest BCUT2D eigenvalue weighted by Crippen LogP contribution is 2.40. The Balaban J connectivity index is 1.64. The van der Waals surface area contributed by atoms with Gasteiger partial charge in [0.05, 0.1) is 5.69 Å². The van der Waals surface area contributed by atoms with Gasteiger partial charge in [-0.3, -0.25) is 4.79 Å². The SMILES string of the molecule is CC1CC1CN(C(=O)c1nc(C2CC2)n(-c2ccccc2)n1)C(C)C. The predicted molar refractivity (Wildman–Crippen MR) is 96.8 cm³/mol. The number of para-hydroxylation sites is 1. The van der Waals surface area contributed by atoms with Crippen LogP contribution in [0.25, 0.3) is 5.69 Å². The summed E-state index contributed by atoms with van der Waals surface area (Å²) in [6, 6.07) is 10.2. The fourth-order valence-corrected chi connectivity index (χ4v) is 3.34. The standard InChI is InChI=1S/C20H26N4O/c1-13(2)23(12-16-11-14(16)3)20(25)18-21-19(15-9-10-15)24(22-18)17-7-5-4-6-8-17/h4-8,13-16H,9-12H2,1-3H3. The van der Waals surface area contributed by atoms with Crippen molar-refractivity contribution in [2.24, 2.45) is 11.8 Å². The first kappa shape index (κ1) is 16.3. The van der Waals surface area contributed by atoms with E-state index in [-0.39, 0.29) is 11.9 Å². The molecule has 2 saturated carbocycles. The van der Waals surface area contributed by atoms with E-state index in [1.165, 1.54) is 6.42 Å². The second kappa shape index (κ2) is 6.28. The molecule has 1 aromatic heterocycles. The molecule has 0 radical (unpaired) electrons. The average Bonchev–Trinajstić information content (AvgIpc) is 3.52. The Morgan fingerprint density at radius 2 is 1.96 bits per heavy atom. The molecule has 2 aliphatic rings. The highest BCUT2D eigenvalue weighted by Gasteiger charge is 2.38. The lowest BCUT2D eigenvalue weighted by Gasteiger charge is -2.25. The molecular weight excluding hydrogens is 312 g/mol. The van der Waals surface area contributed by atoms with Crippen LogP contribution >= 0.6 is 0 Å². The quantitative estimate of drug-likeness (QED) is 0.808. The largest absolute Gasteiger partial charge is 0.333 e. The first-order valence-corrected chi connectivity index (χ1v) is 9.38. The highest BCUT2D eigenvalue weighted by molar-refractivity contribution is 5.90. The number of nitrogens with zero attached hydrogens (tertiary/aromatic N) is 4. The van der Waals surface area contributed by atoms with Gasteiger partial charge >= 0.3 is 0 Å². The number of carbonyl (C=O) groups excluding carboxylic acids is 1. The summed E-state index contributed by atoms with van der Waals surface area (Å²) in [6.45, 7) is 7.21. The molecule has 25 heavy (non-hydrogen) atoms. The maximum absolute atomic E-state index is 13.1. The van der Waals surface area contributed by atoms with E-state index in [1.807, 2.05) is 39.9 Å². The van der Waals surface area contributed by atoms with Crippen molar-refractivity contribution in [3.05, 3.63) is 42.0 Å². The second-order valence-corrected chi connectivity index (χ2v) is 7.84. The molecule has 1 heterocycles. The molecule has 0 spiro atoms. The van der Waals surface area contributed by atoms with Crippen molar-refractivity contribution in [2.75, 3.05) is 6.54 Å². The smallest absolute Gasteiger partial charge is 0.293 e. The van der Waals surface area contributed by atoms with Crippen LogP contribution in [0.5, 0.6) is 0 Å². The molecule has 0 saturated heterocycles. The van der Waals surface area contributed by atoms with E-state index < -0.39 is 0 Å². The summed E-state index contributed by atoms with van der Waals surface area (Å²) in [5.74, 6) is 3.03. The Labute approximate surface area is 149 Å². The van der Waals surface area contributed by atoms with Crippen LogP contribution < -0.4 is 0 Å². The van der Waals surface area contributed by atoms with Crippen molar-refractivity contribution in [1.29, 1.82) is 0 Å². The number of benzene rings is 1. The third kappa shape index (κ3) is 3.32. The summed E-state index contributed by atoms with van der Waals surface area (Å²) in [7, 11) is 0. The maximum atomic E-state index is 13.1. The summed E-state index contributed by atoms with van der Waals surface area (Å²) < 4.78 is 1.86. The third-order valence-electron chi connectivity index (χ3n) is 5.36. The lowest BCUT2D eigenvalue weighted by Crippen LogP contribution is -2.39. The fraction of sp³-hybridized carbons (Fsp3) is 0.550. The average molecular weight is 338 g/mol. The zero-order chi connectivity index (χ0) is 17.6. The second-order valence-electron chi connectivity index (χ2n) is 7.84. The Morgan fingerprint density at radius 3 is 2.52 bits per heavy atom. The molecule has 5 nitrogen and oxygen atoms in total. The molecule has 4 rings (SSSR count). The minimum atomic E-state index is -0.0364. The molecule has 1 amide bonds. The predicted octanol–water partition coefficient (Wildman–Crippen LogP) is 3.65. The van der Waals surface area contributed by atoms with Crippen molar-refractivity contribution in [1.82, 2.24) is 19.7 Å². The van der Waals surface area contributed by atoms with E-state index in [4.69, 9.17) is 0 Å². The summed E-state index contributed by atoms with van der Waals surface area (Å²) in [5.41, 5.74) is 0.975. The van der Waals surface area contributed by atoms with Gasteiger partial charge < -0.3 is 4.90 Å². The highest BCUT2D eigenvalue weighted by atomic mass is 16.2. The van der Waals surface area contributed by atoms with Gasteiger partial charge in [-0.15, -0.1) is 5.10 Å². The first-order valence-electron chi connectivity index (χ1n) is 9.38. The molecule has 0 N–H and O–H groups in total. The molecule has 0 bridgehead atoms. The number of rotatable bonds is 6. The van der Waals surface area contributed by atoms with Gasteiger partial charge in [0.25, 0.3) is 5.91 Å². The van der Waals surface area contributed by atoms with Crippen LogP contribution in [-0.4, -0.2) is 38.2 Å². The van der Waals surface area contributed by atoms with Gasteiger partial charge in [0.2, 0.25) is 5.82 Å². The van der Waals surface area contributed by atoms with Crippen LogP contribution in [0.3, 0.4) is 0 Å². The Bertz CT molecular complexity index is 763. The van der Waals surface area contributed by atoms with E-state index in [0.717, 1.165) is 36.8 Å². The first-order chi connectivity index (χ1) is 12.0. The van der Waals surface area contributed by atoms with Gasteiger partial charge in [-0.1, -0.05) is 25.1 Å². The summed E-state index contributed by atoms with van der Waals surface area (Å²) in [4.78, 5) is 19.7. The number of hydrogen-bond acceptors (Lipinski definition) is 3. The van der Waals surface area contributed by atoms with E-state index in [9.17, 15) is 4.79 Å². The Kier molecular flexibility index (Phi) is 4.10. The van der Waals surface area contributed by atoms with Crippen LogP contribution in [0.4, 0.5) is 0 Å². The van der Waals surface area contributed by atoms with Crippen LogP contribution in [0.2, 0.25) is 0 Å². The minimum absolute atomic E-state index is 0.0364. The molecule has 132 valence electrons. The van der Waals surface area contributed by atoms with Crippen molar-refractivity contribution in [2.45, 2.75) is 52.0 Å². The molecule has 2 aliphatic carbocycles. The summed E-state index contributed by atoms with van der Waals surface area (Å²) in [6.07, 6.45) is 3.48. The zero-order valence-corrected chi connectivity index (χ0v) is 15.2. The van der Waals surface area contributed by atoms with Crippen molar-refractivity contribution in [3.63, 3.8) is 0 Å². The van der Waals surface area contributed by atoms with Gasteiger partial charge in [0.1, 0.15) is 5.82 Å². The van der Waals surface area contributed by atoms with Gasteiger partial charge in [0, 0.05) is 18.5 Å². The fourth-order valence-electron chi connectivity index (χ4n) is 3.34. The van der Waals surface area contributed by atoms with Gasteiger partial charge in [-0.2, -0.15) is 0 Å².